The number of furan rings is 1. The number of nitrogens with zero attached hydrogens (tertiary/aromatic N) is 1. The zero-order chi connectivity index (χ0) is 39.5. The third kappa shape index (κ3) is 5.79. The van der Waals surface area contributed by atoms with Crippen LogP contribution in [0.5, 0.6) is 0 Å². The Labute approximate surface area is 345 Å². The van der Waals surface area contributed by atoms with Crippen molar-refractivity contribution in [2.24, 2.45) is 0 Å². The predicted molar refractivity (Wildman–Crippen MR) is 248 cm³/mol. The summed E-state index contributed by atoms with van der Waals surface area (Å²) in [6.07, 6.45) is 0. The molecular weight excluding hydrogens is 715 g/mol. The lowest BCUT2D eigenvalue weighted by atomic mass is 9.78. The molecule has 0 bridgehead atoms. The Hall–Kier alpha value is -7.42. The van der Waals surface area contributed by atoms with Gasteiger partial charge in [0.15, 0.2) is 0 Å². The Morgan fingerprint density at radius 2 is 0.898 bits per heavy atom. The first kappa shape index (κ1) is 34.8. The zero-order valence-electron chi connectivity index (χ0n) is 33.1. The molecule has 0 atom stereocenters. The van der Waals surface area contributed by atoms with Gasteiger partial charge in [-0.2, -0.15) is 0 Å². The van der Waals surface area contributed by atoms with Gasteiger partial charge in [0.2, 0.25) is 0 Å². The maximum Gasteiger partial charge on any atom is 0.135 e. The molecule has 59 heavy (non-hydrogen) atoms. The van der Waals surface area contributed by atoms with Crippen LogP contribution in [0, 0.1) is 0 Å². The van der Waals surface area contributed by atoms with Gasteiger partial charge in [-0.3, -0.25) is 0 Å². The van der Waals surface area contributed by atoms with E-state index in [4.69, 9.17) is 4.42 Å². The number of rotatable bonds is 7. The standard InChI is InChI=1S/C57H41NO/c1-57(2)51-22-12-9-21-49(51)55-46(34-35-47(56(55)57)42-29-36-54-50(37-42)48-20-11-14-24-53(48)59-54)41-27-32-44(33-28-41)58(43-30-25-39(26-31-43)38-15-5-3-6-16-38)52-23-13-10-19-45(52)40-17-7-4-8-18-40/h3-37H,1-2H3. The number of hydrogen-bond donors (Lipinski definition) is 0. The number of para-hydroxylation sites is 2. The molecule has 0 amide bonds. The first-order valence-corrected chi connectivity index (χ1v) is 20.4. The van der Waals surface area contributed by atoms with Gasteiger partial charge in [0.05, 0.1) is 5.69 Å². The van der Waals surface area contributed by atoms with Crippen LogP contribution in [0.1, 0.15) is 25.0 Å². The van der Waals surface area contributed by atoms with Crippen molar-refractivity contribution in [3.8, 4) is 55.6 Å². The van der Waals surface area contributed by atoms with Crippen LogP contribution >= 0.6 is 0 Å². The van der Waals surface area contributed by atoms with Crippen LogP contribution in [0.25, 0.3) is 77.6 Å². The molecule has 0 aliphatic heterocycles. The highest BCUT2D eigenvalue weighted by atomic mass is 16.3. The highest BCUT2D eigenvalue weighted by molar-refractivity contribution is 6.07. The minimum absolute atomic E-state index is 0.200. The number of hydrogen-bond acceptors (Lipinski definition) is 2. The molecule has 9 aromatic carbocycles. The van der Waals surface area contributed by atoms with Gasteiger partial charge in [0.25, 0.3) is 0 Å². The van der Waals surface area contributed by atoms with Gasteiger partial charge in [-0.05, 0) is 110 Å². The summed E-state index contributed by atoms with van der Waals surface area (Å²) in [5, 5.41) is 2.29. The second-order valence-corrected chi connectivity index (χ2v) is 16.1. The average molecular weight is 756 g/mol. The van der Waals surface area contributed by atoms with Crippen molar-refractivity contribution in [2.75, 3.05) is 4.90 Å². The fraction of sp³-hybridized carbons (Fsp3) is 0.0526. The summed E-state index contributed by atoms with van der Waals surface area (Å²) >= 11 is 0. The van der Waals surface area contributed by atoms with E-state index in [1.54, 1.807) is 0 Å². The molecule has 0 N–H and O–H groups in total. The minimum atomic E-state index is -0.200. The van der Waals surface area contributed by atoms with Crippen LogP contribution in [0.2, 0.25) is 0 Å². The van der Waals surface area contributed by atoms with Crippen molar-refractivity contribution >= 4 is 39.0 Å². The van der Waals surface area contributed by atoms with Crippen molar-refractivity contribution in [3.63, 3.8) is 0 Å². The van der Waals surface area contributed by atoms with Gasteiger partial charge in [0, 0.05) is 33.1 Å². The van der Waals surface area contributed by atoms with E-state index >= 15 is 0 Å². The fourth-order valence-corrected chi connectivity index (χ4v) is 9.47. The van der Waals surface area contributed by atoms with E-state index in [1.807, 2.05) is 6.07 Å². The summed E-state index contributed by atoms with van der Waals surface area (Å²) in [7, 11) is 0. The van der Waals surface area contributed by atoms with Gasteiger partial charge < -0.3 is 9.32 Å². The molecule has 0 unspecified atom stereocenters. The quantitative estimate of drug-likeness (QED) is 0.161. The number of benzene rings is 9. The molecule has 2 nitrogen and oxygen atoms in total. The summed E-state index contributed by atoms with van der Waals surface area (Å²) < 4.78 is 6.24. The van der Waals surface area contributed by atoms with E-state index in [-0.39, 0.29) is 5.41 Å². The van der Waals surface area contributed by atoms with E-state index in [2.05, 4.69) is 225 Å². The Morgan fingerprint density at radius 1 is 0.373 bits per heavy atom. The molecule has 0 fully saturated rings. The Balaban J connectivity index is 1.05. The molecule has 1 aliphatic carbocycles. The zero-order valence-corrected chi connectivity index (χ0v) is 33.1. The van der Waals surface area contributed by atoms with E-state index in [0.717, 1.165) is 39.0 Å². The third-order valence-corrected chi connectivity index (χ3v) is 12.3. The van der Waals surface area contributed by atoms with Gasteiger partial charge >= 0.3 is 0 Å². The summed E-state index contributed by atoms with van der Waals surface area (Å²) in [5.74, 6) is 0. The molecule has 1 aliphatic rings. The van der Waals surface area contributed by atoms with Crippen LogP contribution in [0.4, 0.5) is 17.1 Å². The predicted octanol–water partition coefficient (Wildman–Crippen LogP) is 16.0. The Kier molecular flexibility index (Phi) is 8.20. The fourth-order valence-electron chi connectivity index (χ4n) is 9.47. The average Bonchev–Trinajstić information content (AvgIpc) is 3.79. The van der Waals surface area contributed by atoms with Crippen molar-refractivity contribution < 1.29 is 4.42 Å². The molecule has 1 aromatic heterocycles. The molecule has 11 rings (SSSR count). The normalized spacial score (nSPS) is 12.7. The maximum atomic E-state index is 6.24. The molecule has 0 saturated carbocycles. The molecule has 0 saturated heterocycles. The highest BCUT2D eigenvalue weighted by Crippen LogP contribution is 2.56. The number of anilines is 3. The molecule has 10 aromatic rings. The molecule has 2 heteroatoms. The third-order valence-electron chi connectivity index (χ3n) is 12.3. The van der Waals surface area contributed by atoms with Gasteiger partial charge in [-0.25, -0.2) is 0 Å². The highest BCUT2D eigenvalue weighted by Gasteiger charge is 2.39. The summed E-state index contributed by atoms with van der Waals surface area (Å²) in [6, 6.07) is 76.8. The van der Waals surface area contributed by atoms with Gasteiger partial charge in [-0.1, -0.05) is 178 Å². The maximum absolute atomic E-state index is 6.24. The minimum Gasteiger partial charge on any atom is -0.456 e. The van der Waals surface area contributed by atoms with Crippen molar-refractivity contribution in [1.29, 1.82) is 0 Å². The Bertz CT molecular complexity index is 3160. The van der Waals surface area contributed by atoms with Crippen molar-refractivity contribution in [3.05, 3.63) is 223 Å². The first-order chi connectivity index (χ1) is 29.0. The van der Waals surface area contributed by atoms with E-state index in [0.29, 0.717) is 0 Å². The lowest BCUT2D eigenvalue weighted by Gasteiger charge is -2.28. The monoisotopic (exact) mass is 755 g/mol. The molecule has 1 heterocycles. The van der Waals surface area contributed by atoms with Crippen LogP contribution in [-0.2, 0) is 5.41 Å². The van der Waals surface area contributed by atoms with Crippen LogP contribution < -0.4 is 4.90 Å². The summed E-state index contributed by atoms with van der Waals surface area (Å²) in [6.45, 7) is 4.76. The smallest absolute Gasteiger partial charge is 0.135 e. The number of fused-ring (bicyclic) bond motifs is 6. The van der Waals surface area contributed by atoms with Crippen molar-refractivity contribution in [2.45, 2.75) is 19.3 Å². The second kappa shape index (κ2) is 13.9. The van der Waals surface area contributed by atoms with Gasteiger partial charge in [0.1, 0.15) is 11.2 Å². The lowest BCUT2D eigenvalue weighted by Crippen LogP contribution is -2.16. The second-order valence-electron chi connectivity index (χ2n) is 16.1. The topological polar surface area (TPSA) is 16.4 Å². The van der Waals surface area contributed by atoms with E-state index < -0.39 is 0 Å². The van der Waals surface area contributed by atoms with E-state index in [1.165, 1.54) is 66.8 Å². The first-order valence-electron chi connectivity index (χ1n) is 20.4. The largest absolute Gasteiger partial charge is 0.456 e. The van der Waals surface area contributed by atoms with E-state index in [9.17, 15) is 0 Å². The summed E-state index contributed by atoms with van der Waals surface area (Å²) in [4.78, 5) is 2.39. The molecule has 280 valence electrons. The van der Waals surface area contributed by atoms with Crippen LogP contribution in [0.3, 0.4) is 0 Å². The molecular formula is C57H41NO. The molecule has 0 spiro atoms. The molecule has 0 radical (unpaired) electrons. The SMILES string of the molecule is CC1(C)c2ccccc2-c2c(-c3ccc(N(c4ccc(-c5ccccc5)cc4)c4ccccc4-c4ccccc4)cc3)ccc(-c3ccc4oc5ccccc5c4c3)c21. The van der Waals surface area contributed by atoms with Crippen LogP contribution in [-0.4, -0.2) is 0 Å². The Morgan fingerprint density at radius 3 is 1.64 bits per heavy atom. The van der Waals surface area contributed by atoms with Gasteiger partial charge in [-0.15, -0.1) is 0 Å². The van der Waals surface area contributed by atoms with Crippen LogP contribution in [0.15, 0.2) is 217 Å². The lowest BCUT2D eigenvalue weighted by molar-refractivity contribution is 0.662. The van der Waals surface area contributed by atoms with Crippen molar-refractivity contribution in [1.82, 2.24) is 0 Å². The summed E-state index contributed by atoms with van der Waals surface area (Å²) in [5.41, 5.74) is 20.0.